The van der Waals surface area contributed by atoms with Gasteiger partial charge in [-0.3, -0.25) is 4.79 Å². The Hall–Kier alpha value is -0.590. The second-order valence-corrected chi connectivity index (χ2v) is 4.88. The summed E-state index contributed by atoms with van der Waals surface area (Å²) >= 11 is 0. The van der Waals surface area contributed by atoms with E-state index >= 15 is 0 Å². The molecule has 1 nitrogen and oxygen atoms in total. The van der Waals surface area contributed by atoms with Gasteiger partial charge in [-0.15, -0.1) is 0 Å². The molecule has 14 heavy (non-hydrogen) atoms. The van der Waals surface area contributed by atoms with Crippen molar-refractivity contribution in [2.24, 2.45) is 5.41 Å². The molecular formula is C13H20O. The van der Waals surface area contributed by atoms with Gasteiger partial charge in [-0.05, 0) is 19.3 Å². The molecule has 78 valence electrons. The lowest BCUT2D eigenvalue weighted by Crippen LogP contribution is -2.28. The van der Waals surface area contributed by atoms with Crippen LogP contribution in [-0.4, -0.2) is 5.78 Å². The van der Waals surface area contributed by atoms with Crippen molar-refractivity contribution in [2.45, 2.75) is 57.8 Å². The molecule has 2 aliphatic carbocycles. The van der Waals surface area contributed by atoms with Crippen LogP contribution in [0.4, 0.5) is 0 Å². The van der Waals surface area contributed by atoms with E-state index in [2.05, 4.69) is 6.58 Å². The molecule has 2 aliphatic rings. The minimum absolute atomic E-state index is 0.0690. The van der Waals surface area contributed by atoms with Gasteiger partial charge in [0.2, 0.25) is 0 Å². The van der Waals surface area contributed by atoms with Crippen molar-refractivity contribution >= 4 is 5.78 Å². The number of rotatable bonds is 0. The topological polar surface area (TPSA) is 17.1 Å². The third-order valence-corrected chi connectivity index (χ3v) is 4.07. The van der Waals surface area contributed by atoms with E-state index in [1.165, 1.54) is 37.7 Å². The summed E-state index contributed by atoms with van der Waals surface area (Å²) in [6.45, 7) is 4.13. The quantitative estimate of drug-likeness (QED) is 0.535. The summed E-state index contributed by atoms with van der Waals surface area (Å²) in [6.07, 6.45) is 10.3. The number of hydrogen-bond donors (Lipinski definition) is 0. The highest BCUT2D eigenvalue weighted by atomic mass is 16.1. The van der Waals surface area contributed by atoms with Crippen molar-refractivity contribution in [1.82, 2.24) is 0 Å². The maximum atomic E-state index is 12.0. The highest BCUT2D eigenvalue weighted by Gasteiger charge is 2.43. The zero-order valence-electron chi connectivity index (χ0n) is 8.98. The average Bonchev–Trinajstić information content (AvgIpc) is 2.39. The predicted molar refractivity (Wildman–Crippen MR) is 58.1 cm³/mol. The van der Waals surface area contributed by atoms with Crippen LogP contribution in [0.25, 0.3) is 0 Å². The number of ketones is 1. The van der Waals surface area contributed by atoms with E-state index in [9.17, 15) is 4.79 Å². The Morgan fingerprint density at radius 2 is 1.50 bits per heavy atom. The molecular weight excluding hydrogens is 172 g/mol. The van der Waals surface area contributed by atoms with Gasteiger partial charge in [-0.25, -0.2) is 0 Å². The van der Waals surface area contributed by atoms with Crippen molar-refractivity contribution in [1.29, 1.82) is 0 Å². The van der Waals surface area contributed by atoms with E-state index < -0.39 is 0 Å². The molecule has 1 spiro atoms. The highest BCUT2D eigenvalue weighted by molar-refractivity contribution is 5.91. The van der Waals surface area contributed by atoms with Gasteiger partial charge in [0.1, 0.15) is 5.78 Å². The highest BCUT2D eigenvalue weighted by Crippen LogP contribution is 2.47. The molecule has 0 unspecified atom stereocenters. The summed E-state index contributed by atoms with van der Waals surface area (Å²) in [5.74, 6) is 0.490. The molecule has 0 aliphatic heterocycles. The molecule has 0 radical (unpaired) electrons. The number of carbonyl (C=O) groups excluding carboxylic acids is 1. The van der Waals surface area contributed by atoms with Gasteiger partial charge in [-0.1, -0.05) is 44.3 Å². The summed E-state index contributed by atoms with van der Waals surface area (Å²) in [4.78, 5) is 12.0. The van der Waals surface area contributed by atoms with E-state index in [1.807, 2.05) is 0 Å². The van der Waals surface area contributed by atoms with Gasteiger partial charge in [0.15, 0.2) is 0 Å². The van der Waals surface area contributed by atoms with Crippen LogP contribution in [-0.2, 0) is 4.79 Å². The lowest BCUT2D eigenvalue weighted by Gasteiger charge is -2.30. The van der Waals surface area contributed by atoms with Gasteiger partial charge in [0.05, 0.1) is 0 Å². The van der Waals surface area contributed by atoms with E-state index in [1.54, 1.807) is 0 Å². The zero-order valence-corrected chi connectivity index (χ0v) is 8.98. The second kappa shape index (κ2) is 3.88. The van der Waals surface area contributed by atoms with E-state index in [0.29, 0.717) is 5.78 Å². The third-order valence-electron chi connectivity index (χ3n) is 4.07. The predicted octanol–water partition coefficient (Wildman–Crippen LogP) is 3.64. The molecule has 1 heteroatoms. The maximum Gasteiger partial charge on any atom is 0.143 e. The fourth-order valence-electron chi connectivity index (χ4n) is 3.08. The first-order chi connectivity index (χ1) is 6.76. The fourth-order valence-corrected chi connectivity index (χ4v) is 3.08. The fraction of sp³-hybridized carbons (Fsp3) is 0.769. The van der Waals surface area contributed by atoms with Crippen LogP contribution < -0.4 is 0 Å². The van der Waals surface area contributed by atoms with E-state index in [4.69, 9.17) is 0 Å². The van der Waals surface area contributed by atoms with Crippen molar-refractivity contribution in [2.75, 3.05) is 0 Å². The molecule has 0 aromatic carbocycles. The Balaban J connectivity index is 2.17. The molecule has 0 amide bonds. The largest absolute Gasteiger partial charge is 0.299 e. The van der Waals surface area contributed by atoms with Crippen molar-refractivity contribution in [3.8, 4) is 0 Å². The minimum atomic E-state index is -0.0690. The van der Waals surface area contributed by atoms with E-state index in [-0.39, 0.29) is 5.41 Å². The molecule has 2 rings (SSSR count). The molecule has 0 bridgehead atoms. The second-order valence-electron chi connectivity index (χ2n) is 4.88. The van der Waals surface area contributed by atoms with Crippen LogP contribution in [0.15, 0.2) is 12.2 Å². The van der Waals surface area contributed by atoms with Crippen molar-refractivity contribution in [3.05, 3.63) is 12.2 Å². The molecule has 0 aromatic heterocycles. The monoisotopic (exact) mass is 192 g/mol. The smallest absolute Gasteiger partial charge is 0.143 e. The lowest BCUT2D eigenvalue weighted by molar-refractivity contribution is -0.125. The zero-order chi connectivity index (χ0) is 10.0. The number of carbonyl (C=O) groups is 1. The van der Waals surface area contributed by atoms with Crippen molar-refractivity contribution < 1.29 is 4.79 Å². The van der Waals surface area contributed by atoms with Crippen LogP contribution >= 0.6 is 0 Å². The average molecular weight is 192 g/mol. The number of hydrogen-bond acceptors (Lipinski definition) is 1. The summed E-state index contributed by atoms with van der Waals surface area (Å²) in [7, 11) is 0. The Morgan fingerprint density at radius 1 is 0.929 bits per heavy atom. The summed E-state index contributed by atoms with van der Waals surface area (Å²) < 4.78 is 0. The van der Waals surface area contributed by atoms with Crippen LogP contribution in [0.2, 0.25) is 0 Å². The molecule has 2 saturated carbocycles. The van der Waals surface area contributed by atoms with Gasteiger partial charge >= 0.3 is 0 Å². The van der Waals surface area contributed by atoms with Gasteiger partial charge in [0.25, 0.3) is 0 Å². The summed E-state index contributed by atoms with van der Waals surface area (Å²) in [6, 6.07) is 0. The molecule has 0 heterocycles. The molecule has 2 fully saturated rings. The van der Waals surface area contributed by atoms with Gasteiger partial charge in [-0.2, -0.15) is 0 Å². The first-order valence-corrected chi connectivity index (χ1v) is 5.97. The summed E-state index contributed by atoms with van der Waals surface area (Å²) in [5, 5.41) is 0. The van der Waals surface area contributed by atoms with Crippen molar-refractivity contribution in [3.63, 3.8) is 0 Å². The molecule has 0 N–H and O–H groups in total. The SMILES string of the molecule is C=C1CCC(=O)C12CCCCCCC2. The Labute approximate surface area is 86.6 Å². The minimum Gasteiger partial charge on any atom is -0.299 e. The molecule has 0 aromatic rings. The van der Waals surface area contributed by atoms with Crippen LogP contribution in [0, 0.1) is 5.41 Å². The van der Waals surface area contributed by atoms with Crippen LogP contribution in [0.1, 0.15) is 57.8 Å². The Kier molecular flexibility index (Phi) is 2.76. The Bertz CT molecular complexity index is 226. The first kappa shape index (κ1) is 9.95. The lowest BCUT2D eigenvalue weighted by atomic mass is 9.72. The normalized spacial score (nSPS) is 27.7. The third kappa shape index (κ3) is 1.53. The standard InChI is InChI=1S/C13H20O/c1-11-7-8-12(14)13(11)9-5-3-2-4-6-10-13/h1-10H2. The van der Waals surface area contributed by atoms with E-state index in [0.717, 1.165) is 25.7 Å². The Morgan fingerprint density at radius 3 is 2.00 bits per heavy atom. The molecule has 0 atom stereocenters. The number of allylic oxidation sites excluding steroid dienone is 1. The maximum absolute atomic E-state index is 12.0. The van der Waals surface area contributed by atoms with Crippen LogP contribution in [0.3, 0.4) is 0 Å². The summed E-state index contributed by atoms with van der Waals surface area (Å²) in [5.41, 5.74) is 1.17. The number of Topliss-reactive ketones (excluding diaryl/α,β-unsaturated/α-hetero) is 1. The van der Waals surface area contributed by atoms with Gasteiger partial charge < -0.3 is 0 Å². The van der Waals surface area contributed by atoms with Gasteiger partial charge in [0, 0.05) is 11.8 Å². The van der Waals surface area contributed by atoms with Crippen LogP contribution in [0.5, 0.6) is 0 Å². The first-order valence-electron chi connectivity index (χ1n) is 5.97. The molecule has 0 saturated heterocycles.